The molecule has 1 atom stereocenters. The quantitative estimate of drug-likeness (QED) is 0.892. The van der Waals surface area contributed by atoms with Gasteiger partial charge in [-0.25, -0.2) is 8.78 Å². The lowest BCUT2D eigenvalue weighted by atomic mass is 9.92. The van der Waals surface area contributed by atoms with Crippen LogP contribution < -0.4 is 10.6 Å². The molecule has 1 amide bonds. The Kier molecular flexibility index (Phi) is 3.93. The summed E-state index contributed by atoms with van der Waals surface area (Å²) in [5, 5.41) is 6.21. The molecule has 1 aromatic rings. The molecule has 1 unspecified atom stereocenters. The molecule has 1 heterocycles. The highest BCUT2D eigenvalue weighted by atomic mass is 19.1. The molecule has 2 fully saturated rings. The molecule has 1 aliphatic heterocycles. The summed E-state index contributed by atoms with van der Waals surface area (Å²) in [5.74, 6) is -0.933. The molecule has 1 saturated carbocycles. The molecule has 3 nitrogen and oxygen atoms in total. The fourth-order valence-electron chi connectivity index (χ4n) is 3.40. The first-order valence-electron chi connectivity index (χ1n) is 7.52. The van der Waals surface area contributed by atoms with E-state index in [4.69, 9.17) is 0 Å². The van der Waals surface area contributed by atoms with Gasteiger partial charge in [-0.2, -0.15) is 0 Å². The van der Waals surface area contributed by atoms with Crippen molar-refractivity contribution >= 4 is 5.91 Å². The monoisotopic (exact) mass is 294 g/mol. The minimum atomic E-state index is -0.577. The summed E-state index contributed by atoms with van der Waals surface area (Å²) < 4.78 is 26.1. The van der Waals surface area contributed by atoms with Crippen LogP contribution in [-0.4, -0.2) is 25.5 Å². The van der Waals surface area contributed by atoms with Crippen molar-refractivity contribution in [3.8, 4) is 0 Å². The predicted octanol–water partition coefficient (Wildman–Crippen LogP) is 2.01. The first-order valence-corrected chi connectivity index (χ1v) is 7.52. The molecule has 1 aliphatic carbocycles. The lowest BCUT2D eigenvalue weighted by Gasteiger charge is -2.23. The van der Waals surface area contributed by atoms with Crippen LogP contribution in [0.3, 0.4) is 0 Å². The Balaban J connectivity index is 1.46. The average molecular weight is 294 g/mol. The lowest BCUT2D eigenvalue weighted by molar-refractivity contribution is -0.123. The van der Waals surface area contributed by atoms with Crippen molar-refractivity contribution in [2.75, 3.05) is 19.6 Å². The topological polar surface area (TPSA) is 41.1 Å². The Hall–Kier alpha value is -1.49. The second-order valence-corrected chi connectivity index (χ2v) is 6.19. The third-order valence-electron chi connectivity index (χ3n) is 4.74. The molecule has 1 spiro atoms. The van der Waals surface area contributed by atoms with E-state index in [0.717, 1.165) is 38.4 Å². The van der Waals surface area contributed by atoms with Crippen LogP contribution in [-0.2, 0) is 11.2 Å². The van der Waals surface area contributed by atoms with Gasteiger partial charge in [-0.3, -0.25) is 4.79 Å². The van der Waals surface area contributed by atoms with Gasteiger partial charge in [0.15, 0.2) is 0 Å². The number of carbonyl (C=O) groups excluding carboxylic acids is 1. The summed E-state index contributed by atoms with van der Waals surface area (Å²) in [5.41, 5.74) is 0.792. The maximum absolute atomic E-state index is 13.1. The van der Waals surface area contributed by atoms with Crippen molar-refractivity contribution in [1.82, 2.24) is 10.6 Å². The zero-order chi connectivity index (χ0) is 14.9. The lowest BCUT2D eigenvalue weighted by Crippen LogP contribution is -2.34. The van der Waals surface area contributed by atoms with Gasteiger partial charge in [-0.1, -0.05) is 0 Å². The second-order valence-electron chi connectivity index (χ2n) is 6.19. The third-order valence-corrected chi connectivity index (χ3v) is 4.74. The molecule has 21 heavy (non-hydrogen) atoms. The van der Waals surface area contributed by atoms with Gasteiger partial charge >= 0.3 is 0 Å². The number of carbonyl (C=O) groups is 1. The molecule has 0 aromatic heterocycles. The van der Waals surface area contributed by atoms with Crippen molar-refractivity contribution < 1.29 is 13.6 Å². The summed E-state index contributed by atoms with van der Waals surface area (Å²) in [6.45, 7) is 2.41. The Morgan fingerprint density at radius 3 is 2.57 bits per heavy atom. The highest BCUT2D eigenvalue weighted by Crippen LogP contribution is 2.58. The highest BCUT2D eigenvalue weighted by molar-refractivity contribution is 5.82. The fraction of sp³-hybridized carbons (Fsp3) is 0.562. The number of amides is 1. The number of nitrogens with one attached hydrogen (secondary N) is 2. The minimum Gasteiger partial charge on any atom is -0.356 e. The average Bonchev–Trinajstić information content (AvgIpc) is 3.12. The summed E-state index contributed by atoms with van der Waals surface area (Å²) in [6.07, 6.45) is 3.57. The Morgan fingerprint density at radius 1 is 1.24 bits per heavy atom. The Bertz CT molecular complexity index is 521. The largest absolute Gasteiger partial charge is 0.356 e. The van der Waals surface area contributed by atoms with E-state index < -0.39 is 11.6 Å². The number of hydrogen-bond donors (Lipinski definition) is 2. The fourth-order valence-corrected chi connectivity index (χ4v) is 3.40. The summed E-state index contributed by atoms with van der Waals surface area (Å²) >= 11 is 0. The molecule has 1 aromatic carbocycles. The predicted molar refractivity (Wildman–Crippen MR) is 75.7 cm³/mol. The molecule has 0 radical (unpaired) electrons. The van der Waals surface area contributed by atoms with Gasteiger partial charge in [-0.05, 0) is 61.9 Å². The van der Waals surface area contributed by atoms with Gasteiger partial charge in [0.2, 0.25) is 5.91 Å². The minimum absolute atomic E-state index is 0.0915. The third kappa shape index (κ3) is 3.23. The summed E-state index contributed by atoms with van der Waals surface area (Å²) in [6, 6.07) is 3.47. The maximum atomic E-state index is 13.1. The molecule has 5 heteroatoms. The number of hydrogen-bond acceptors (Lipinski definition) is 2. The van der Waals surface area contributed by atoms with Crippen LogP contribution in [0.5, 0.6) is 0 Å². The number of benzene rings is 1. The SMILES string of the molecule is O=C(NCCc1cc(F)cc(F)c1)C1CC12CCNCC2. The van der Waals surface area contributed by atoms with Gasteiger partial charge < -0.3 is 10.6 Å². The van der Waals surface area contributed by atoms with E-state index >= 15 is 0 Å². The van der Waals surface area contributed by atoms with Crippen LogP contribution in [0.2, 0.25) is 0 Å². The highest BCUT2D eigenvalue weighted by Gasteiger charge is 2.57. The van der Waals surface area contributed by atoms with Crippen molar-refractivity contribution in [2.45, 2.75) is 25.7 Å². The van der Waals surface area contributed by atoms with Crippen molar-refractivity contribution in [1.29, 1.82) is 0 Å². The summed E-state index contributed by atoms with van der Waals surface area (Å²) in [4.78, 5) is 12.1. The van der Waals surface area contributed by atoms with Crippen LogP contribution >= 0.6 is 0 Å². The van der Waals surface area contributed by atoms with E-state index in [1.165, 1.54) is 12.1 Å². The zero-order valence-electron chi connectivity index (χ0n) is 11.9. The molecule has 3 rings (SSSR count). The Morgan fingerprint density at radius 2 is 1.90 bits per heavy atom. The molecule has 1 saturated heterocycles. The standard InChI is InChI=1S/C16H20F2N2O/c17-12-7-11(8-13(18)9-12)1-4-20-15(21)14-10-16(14)2-5-19-6-3-16/h7-9,14,19H,1-6,10H2,(H,20,21). The number of halogens is 2. The second kappa shape index (κ2) is 5.72. The molecular formula is C16H20F2N2O. The van der Waals surface area contributed by atoms with Crippen LogP contribution in [0.25, 0.3) is 0 Å². The zero-order valence-corrected chi connectivity index (χ0v) is 11.9. The van der Waals surface area contributed by atoms with E-state index in [1.54, 1.807) is 0 Å². The van der Waals surface area contributed by atoms with Crippen LogP contribution in [0, 0.1) is 23.0 Å². The van der Waals surface area contributed by atoms with Crippen molar-refractivity contribution in [2.24, 2.45) is 11.3 Å². The van der Waals surface area contributed by atoms with Gasteiger partial charge in [0.05, 0.1) is 0 Å². The number of rotatable bonds is 4. The molecule has 0 bridgehead atoms. The van der Waals surface area contributed by atoms with E-state index in [-0.39, 0.29) is 17.2 Å². The maximum Gasteiger partial charge on any atom is 0.223 e. The smallest absolute Gasteiger partial charge is 0.223 e. The van der Waals surface area contributed by atoms with E-state index in [0.29, 0.717) is 18.5 Å². The first-order chi connectivity index (χ1) is 10.1. The Labute approximate surface area is 123 Å². The molecular weight excluding hydrogens is 274 g/mol. The molecule has 114 valence electrons. The molecule has 2 aliphatic rings. The van der Waals surface area contributed by atoms with Crippen LogP contribution in [0.15, 0.2) is 18.2 Å². The van der Waals surface area contributed by atoms with Gasteiger partial charge in [0, 0.05) is 18.5 Å². The van der Waals surface area contributed by atoms with Gasteiger partial charge in [-0.15, -0.1) is 0 Å². The van der Waals surface area contributed by atoms with Gasteiger partial charge in [0.25, 0.3) is 0 Å². The number of piperidine rings is 1. The van der Waals surface area contributed by atoms with Crippen molar-refractivity contribution in [3.05, 3.63) is 35.4 Å². The van der Waals surface area contributed by atoms with E-state index in [2.05, 4.69) is 10.6 Å². The normalized spacial score (nSPS) is 23.0. The van der Waals surface area contributed by atoms with Crippen LogP contribution in [0.1, 0.15) is 24.8 Å². The summed E-state index contributed by atoms with van der Waals surface area (Å²) in [7, 11) is 0. The van der Waals surface area contributed by atoms with Crippen molar-refractivity contribution in [3.63, 3.8) is 0 Å². The van der Waals surface area contributed by atoms with Crippen LogP contribution in [0.4, 0.5) is 8.78 Å². The van der Waals surface area contributed by atoms with E-state index in [1.807, 2.05) is 0 Å². The first kappa shape index (κ1) is 14.4. The van der Waals surface area contributed by atoms with Gasteiger partial charge in [0.1, 0.15) is 11.6 Å². The van der Waals surface area contributed by atoms with E-state index in [9.17, 15) is 13.6 Å². The molecule has 2 N–H and O–H groups in total.